The molecule has 1 aromatic rings. The summed E-state index contributed by atoms with van der Waals surface area (Å²) in [5, 5.41) is 0. The van der Waals surface area contributed by atoms with Crippen molar-refractivity contribution in [1.82, 2.24) is 0 Å². The van der Waals surface area contributed by atoms with Crippen molar-refractivity contribution >= 4 is 18.5 Å². The van der Waals surface area contributed by atoms with Crippen LogP contribution < -0.4 is 5.73 Å². The Kier molecular flexibility index (Phi) is 7.92. The first-order valence-corrected chi connectivity index (χ1v) is 5.35. The van der Waals surface area contributed by atoms with Gasteiger partial charge in [0.2, 0.25) is 0 Å². The summed E-state index contributed by atoms with van der Waals surface area (Å²) in [6.07, 6.45) is 2.09. The molecule has 0 aliphatic rings. The molecule has 0 saturated carbocycles. The van der Waals surface area contributed by atoms with Gasteiger partial charge in [0.15, 0.2) is 5.78 Å². The van der Waals surface area contributed by atoms with Crippen molar-refractivity contribution in [2.75, 3.05) is 6.54 Å². The zero-order chi connectivity index (χ0) is 14.0. The molecule has 0 fully saturated rings. The summed E-state index contributed by atoms with van der Waals surface area (Å²) in [6.45, 7) is 3.74. The summed E-state index contributed by atoms with van der Waals surface area (Å²) < 4.78 is 25.7. The van der Waals surface area contributed by atoms with Gasteiger partial charge in [-0.15, -0.1) is 0 Å². The molecule has 1 rings (SSSR count). The average molecular weight is 255 g/mol. The number of nitrogens with zero attached hydrogens (tertiary/aromatic N) is 2. The van der Waals surface area contributed by atoms with Gasteiger partial charge in [-0.05, 0) is 12.1 Å². The van der Waals surface area contributed by atoms with Gasteiger partial charge in [-0.2, -0.15) is 0 Å². The van der Waals surface area contributed by atoms with Crippen molar-refractivity contribution in [3.63, 3.8) is 0 Å². The van der Waals surface area contributed by atoms with Crippen LogP contribution in [0.2, 0.25) is 0 Å². The van der Waals surface area contributed by atoms with Gasteiger partial charge < -0.3 is 5.73 Å². The van der Waals surface area contributed by atoms with Gasteiger partial charge >= 0.3 is 0 Å². The lowest BCUT2D eigenvalue weighted by Crippen LogP contribution is -2.06. The van der Waals surface area contributed by atoms with Crippen LogP contribution in [-0.4, -0.2) is 25.0 Å². The van der Waals surface area contributed by atoms with Crippen LogP contribution in [0.3, 0.4) is 0 Å². The van der Waals surface area contributed by atoms with Gasteiger partial charge in [0.1, 0.15) is 24.5 Å². The lowest BCUT2D eigenvalue weighted by Gasteiger charge is -1.99. The van der Waals surface area contributed by atoms with E-state index in [-0.39, 0.29) is 12.1 Å². The molecule has 6 heteroatoms. The predicted molar refractivity (Wildman–Crippen MR) is 68.1 cm³/mol. The Morgan fingerprint density at radius 1 is 1.39 bits per heavy atom. The first kappa shape index (κ1) is 15.9. The number of ketones is 1. The third-order valence-electron chi connectivity index (χ3n) is 1.70. The number of nitrogens with two attached hydrogens (primary N) is 1. The van der Waals surface area contributed by atoms with Crippen LogP contribution in [0.15, 0.2) is 28.2 Å². The molecule has 0 unspecified atom stereocenters. The summed E-state index contributed by atoms with van der Waals surface area (Å²) in [6, 6.07) is 2.74. The van der Waals surface area contributed by atoms with Gasteiger partial charge in [0, 0.05) is 6.07 Å². The number of benzene rings is 1. The fourth-order valence-electron chi connectivity index (χ4n) is 1.01. The summed E-state index contributed by atoms with van der Waals surface area (Å²) in [7, 11) is 0. The third-order valence-corrected chi connectivity index (χ3v) is 1.70. The van der Waals surface area contributed by atoms with Crippen LogP contribution in [-0.2, 0) is 0 Å². The van der Waals surface area contributed by atoms with Gasteiger partial charge in [0.25, 0.3) is 0 Å². The molecule has 0 amide bonds. The minimum absolute atomic E-state index is 0.199. The molecule has 0 aliphatic heterocycles. The summed E-state index contributed by atoms with van der Waals surface area (Å²) in [5.74, 6) is -2.19. The van der Waals surface area contributed by atoms with E-state index in [1.54, 1.807) is 0 Å². The van der Waals surface area contributed by atoms with E-state index in [9.17, 15) is 13.6 Å². The average Bonchev–Trinajstić information content (AvgIpc) is 2.37. The van der Waals surface area contributed by atoms with E-state index in [2.05, 4.69) is 9.98 Å². The van der Waals surface area contributed by atoms with Crippen molar-refractivity contribution in [1.29, 1.82) is 0 Å². The zero-order valence-electron chi connectivity index (χ0n) is 10.2. The number of Topliss-reactive ketones (excluding diaryl/α,β-unsaturated/α-hetero) is 1. The quantitative estimate of drug-likeness (QED) is 0.509. The number of hydrogen-bond donors (Lipinski definition) is 1. The number of carbonyl (C=O) groups excluding carboxylic acids is 1. The first-order valence-electron chi connectivity index (χ1n) is 5.35. The Hall–Kier alpha value is -2.11. The largest absolute Gasteiger partial charge is 0.390 e. The van der Waals surface area contributed by atoms with Crippen molar-refractivity contribution in [2.45, 2.75) is 13.8 Å². The first-order chi connectivity index (χ1) is 8.65. The van der Waals surface area contributed by atoms with E-state index < -0.39 is 17.4 Å². The van der Waals surface area contributed by atoms with Gasteiger partial charge in [-0.25, -0.2) is 13.8 Å². The Morgan fingerprint density at radius 2 is 2.06 bits per heavy atom. The molecule has 0 saturated heterocycles. The molecule has 0 atom stereocenters. The third kappa shape index (κ3) is 5.29. The number of rotatable bonds is 4. The minimum atomic E-state index is -0.900. The minimum Gasteiger partial charge on any atom is -0.390 e. The second-order valence-electron chi connectivity index (χ2n) is 2.80. The van der Waals surface area contributed by atoms with Crippen LogP contribution in [0.4, 0.5) is 8.78 Å². The molecule has 0 spiro atoms. The van der Waals surface area contributed by atoms with Gasteiger partial charge in [-0.1, -0.05) is 13.8 Å². The van der Waals surface area contributed by atoms with Gasteiger partial charge in [-0.3, -0.25) is 9.79 Å². The van der Waals surface area contributed by atoms with Gasteiger partial charge in [0.05, 0.1) is 11.9 Å². The van der Waals surface area contributed by atoms with E-state index in [0.717, 1.165) is 24.8 Å². The highest BCUT2D eigenvalue weighted by molar-refractivity contribution is 5.98. The highest BCUT2D eigenvalue weighted by Gasteiger charge is 2.11. The van der Waals surface area contributed by atoms with Crippen LogP contribution in [0, 0.1) is 11.6 Å². The summed E-state index contributed by atoms with van der Waals surface area (Å²) in [4.78, 5) is 18.4. The van der Waals surface area contributed by atoms with E-state index >= 15 is 0 Å². The van der Waals surface area contributed by atoms with Crippen molar-refractivity contribution in [2.24, 2.45) is 15.7 Å². The maximum atomic E-state index is 13.1. The standard InChI is InChI=1S/C10H9F2N3O.C2H6/c11-7-1-2-8(9(12)3-7)10(16)4-14-6-15-5-13;1-2/h1-3,5-6H,4H2,(H2,13,14,15);1-2H3. The number of aliphatic imine (C=N–C) groups is 2. The Labute approximate surface area is 104 Å². The molecule has 18 heavy (non-hydrogen) atoms. The Morgan fingerprint density at radius 3 is 2.61 bits per heavy atom. The molecule has 4 nitrogen and oxygen atoms in total. The van der Waals surface area contributed by atoms with Crippen molar-refractivity contribution < 1.29 is 13.6 Å². The lowest BCUT2D eigenvalue weighted by molar-refractivity contribution is 0.0998. The lowest BCUT2D eigenvalue weighted by atomic mass is 10.1. The van der Waals surface area contributed by atoms with Crippen LogP contribution in [0.5, 0.6) is 0 Å². The van der Waals surface area contributed by atoms with Crippen molar-refractivity contribution in [3.05, 3.63) is 35.4 Å². The normalized spacial score (nSPS) is 10.4. The predicted octanol–water partition coefficient (Wildman–Crippen LogP) is 2.19. The number of halogens is 2. The maximum absolute atomic E-state index is 13.1. The highest BCUT2D eigenvalue weighted by atomic mass is 19.1. The topological polar surface area (TPSA) is 67.8 Å². The molecular weight excluding hydrogens is 240 g/mol. The maximum Gasteiger partial charge on any atom is 0.187 e. The summed E-state index contributed by atoms with van der Waals surface area (Å²) >= 11 is 0. The molecule has 1 aromatic carbocycles. The smallest absolute Gasteiger partial charge is 0.187 e. The molecule has 0 bridgehead atoms. The second-order valence-corrected chi connectivity index (χ2v) is 2.80. The van der Waals surface area contributed by atoms with E-state index in [0.29, 0.717) is 6.07 Å². The van der Waals surface area contributed by atoms with Crippen molar-refractivity contribution in [3.8, 4) is 0 Å². The SMILES string of the molecule is CC.NC=NC=NCC(=O)c1ccc(F)cc1F. The van der Waals surface area contributed by atoms with Crippen LogP contribution >= 0.6 is 0 Å². The molecule has 2 N–H and O–H groups in total. The van der Waals surface area contributed by atoms with E-state index in [1.165, 1.54) is 0 Å². The molecule has 0 aromatic heterocycles. The van der Waals surface area contributed by atoms with E-state index in [1.807, 2.05) is 13.8 Å². The fraction of sp³-hybridized carbons (Fsp3) is 0.250. The molecule has 0 aliphatic carbocycles. The molecule has 0 heterocycles. The number of carbonyl (C=O) groups is 1. The monoisotopic (exact) mass is 255 g/mol. The van der Waals surface area contributed by atoms with E-state index in [4.69, 9.17) is 5.73 Å². The molecular formula is C12H15F2N3O. The summed E-state index contributed by atoms with van der Waals surface area (Å²) in [5.41, 5.74) is 4.73. The second kappa shape index (κ2) is 8.98. The number of hydrogen-bond acceptors (Lipinski definition) is 2. The Bertz CT molecular complexity index is 445. The van der Waals surface area contributed by atoms with Crippen LogP contribution in [0.25, 0.3) is 0 Å². The highest BCUT2D eigenvalue weighted by Crippen LogP contribution is 2.10. The van der Waals surface area contributed by atoms with Crippen LogP contribution in [0.1, 0.15) is 24.2 Å². The molecule has 0 radical (unpaired) electrons. The molecule has 98 valence electrons. The zero-order valence-corrected chi connectivity index (χ0v) is 10.2. The Balaban J connectivity index is 0.00000137. The fourth-order valence-corrected chi connectivity index (χ4v) is 1.01.